The number of amides is 1. The Hall–Kier alpha value is -3.12. The first-order valence-electron chi connectivity index (χ1n) is 8.32. The summed E-state index contributed by atoms with van der Waals surface area (Å²) in [4.78, 5) is 28.3. The first kappa shape index (κ1) is 18.7. The van der Waals surface area contributed by atoms with E-state index < -0.39 is 5.97 Å². The molecule has 3 rings (SSSR count). The zero-order valence-electron chi connectivity index (χ0n) is 14.6. The Labute approximate surface area is 161 Å². The van der Waals surface area contributed by atoms with E-state index in [1.54, 1.807) is 55.5 Å². The highest BCUT2D eigenvalue weighted by atomic mass is 35.5. The van der Waals surface area contributed by atoms with E-state index in [-0.39, 0.29) is 18.9 Å². The SMILES string of the molecule is CCOC(=O)c1cccc(NC(=O)Cc2coc(-c3ccc(Cl)cc3)n2)c1. The van der Waals surface area contributed by atoms with Gasteiger partial charge in [-0.3, -0.25) is 4.79 Å². The van der Waals surface area contributed by atoms with Gasteiger partial charge in [-0.1, -0.05) is 17.7 Å². The van der Waals surface area contributed by atoms with E-state index in [4.69, 9.17) is 20.8 Å². The lowest BCUT2D eigenvalue weighted by Gasteiger charge is -2.06. The number of carbonyl (C=O) groups excluding carboxylic acids is 2. The quantitative estimate of drug-likeness (QED) is 0.639. The van der Waals surface area contributed by atoms with Gasteiger partial charge in [-0.05, 0) is 49.4 Å². The van der Waals surface area contributed by atoms with Gasteiger partial charge in [-0.25, -0.2) is 9.78 Å². The normalized spacial score (nSPS) is 10.4. The number of halogens is 1. The predicted molar refractivity (Wildman–Crippen MR) is 102 cm³/mol. The molecule has 0 saturated heterocycles. The van der Waals surface area contributed by atoms with Crippen molar-refractivity contribution in [3.63, 3.8) is 0 Å². The number of anilines is 1. The molecule has 6 nitrogen and oxygen atoms in total. The van der Waals surface area contributed by atoms with Crippen LogP contribution in [-0.4, -0.2) is 23.5 Å². The van der Waals surface area contributed by atoms with E-state index in [0.717, 1.165) is 5.56 Å². The number of benzene rings is 2. The van der Waals surface area contributed by atoms with E-state index in [0.29, 0.717) is 27.9 Å². The monoisotopic (exact) mass is 384 g/mol. The Morgan fingerprint density at radius 2 is 1.96 bits per heavy atom. The average molecular weight is 385 g/mol. The molecule has 0 atom stereocenters. The van der Waals surface area contributed by atoms with Gasteiger partial charge in [0.15, 0.2) is 0 Å². The van der Waals surface area contributed by atoms with Gasteiger partial charge in [0, 0.05) is 16.3 Å². The number of nitrogens with zero attached hydrogens (tertiary/aromatic N) is 1. The van der Waals surface area contributed by atoms with E-state index in [1.165, 1.54) is 6.26 Å². The number of hydrogen-bond acceptors (Lipinski definition) is 5. The number of carbonyl (C=O) groups is 2. The second-order valence-electron chi connectivity index (χ2n) is 5.68. The molecule has 1 heterocycles. The third kappa shape index (κ3) is 4.95. The van der Waals surface area contributed by atoms with Crippen molar-refractivity contribution >= 4 is 29.2 Å². The minimum absolute atomic E-state index is 0.0424. The Morgan fingerprint density at radius 1 is 1.19 bits per heavy atom. The zero-order valence-corrected chi connectivity index (χ0v) is 15.3. The van der Waals surface area contributed by atoms with Crippen LogP contribution in [-0.2, 0) is 16.0 Å². The molecular weight excluding hydrogens is 368 g/mol. The van der Waals surface area contributed by atoms with Crippen LogP contribution in [0.1, 0.15) is 23.0 Å². The smallest absolute Gasteiger partial charge is 0.338 e. The van der Waals surface area contributed by atoms with Crippen molar-refractivity contribution in [2.75, 3.05) is 11.9 Å². The molecule has 3 aromatic rings. The van der Waals surface area contributed by atoms with Gasteiger partial charge in [0.2, 0.25) is 11.8 Å². The van der Waals surface area contributed by atoms with Gasteiger partial charge < -0.3 is 14.5 Å². The molecule has 0 aliphatic heterocycles. The molecule has 1 N–H and O–H groups in total. The van der Waals surface area contributed by atoms with Gasteiger partial charge in [0.1, 0.15) is 6.26 Å². The highest BCUT2D eigenvalue weighted by Gasteiger charge is 2.12. The van der Waals surface area contributed by atoms with Crippen LogP contribution in [0.4, 0.5) is 5.69 Å². The van der Waals surface area contributed by atoms with Crippen LogP contribution in [0.15, 0.2) is 59.2 Å². The summed E-state index contributed by atoms with van der Waals surface area (Å²) in [6.07, 6.45) is 1.49. The van der Waals surface area contributed by atoms with Crippen LogP contribution in [0.25, 0.3) is 11.5 Å². The number of nitrogens with one attached hydrogen (secondary N) is 1. The van der Waals surface area contributed by atoms with Crippen LogP contribution in [0, 0.1) is 0 Å². The Bertz CT molecular complexity index is 951. The lowest BCUT2D eigenvalue weighted by molar-refractivity contribution is -0.115. The fourth-order valence-corrected chi connectivity index (χ4v) is 2.55. The fourth-order valence-electron chi connectivity index (χ4n) is 2.42. The molecule has 0 aliphatic rings. The van der Waals surface area contributed by atoms with Crippen molar-refractivity contribution in [1.82, 2.24) is 4.98 Å². The molecule has 0 spiro atoms. The minimum Gasteiger partial charge on any atom is -0.462 e. The molecule has 7 heteroatoms. The first-order chi connectivity index (χ1) is 13.0. The predicted octanol–water partition coefficient (Wildman–Crippen LogP) is 4.35. The van der Waals surface area contributed by atoms with Gasteiger partial charge >= 0.3 is 5.97 Å². The van der Waals surface area contributed by atoms with Gasteiger partial charge in [0.25, 0.3) is 0 Å². The van der Waals surface area contributed by atoms with Crippen LogP contribution >= 0.6 is 11.6 Å². The minimum atomic E-state index is -0.433. The topological polar surface area (TPSA) is 81.4 Å². The molecule has 0 aliphatic carbocycles. The summed E-state index contributed by atoms with van der Waals surface area (Å²) in [5.74, 6) is -0.288. The molecule has 0 saturated carbocycles. The van der Waals surface area contributed by atoms with Crippen LogP contribution in [0.2, 0.25) is 5.02 Å². The molecule has 2 aromatic carbocycles. The summed E-state index contributed by atoms with van der Waals surface area (Å²) >= 11 is 5.87. The first-order valence-corrected chi connectivity index (χ1v) is 8.70. The molecule has 138 valence electrons. The number of esters is 1. The third-order valence-electron chi connectivity index (χ3n) is 3.64. The number of ether oxygens (including phenoxy) is 1. The van der Waals surface area contributed by atoms with Crippen LogP contribution < -0.4 is 5.32 Å². The standard InChI is InChI=1S/C20H17ClN2O4/c1-2-26-20(25)14-4-3-5-16(10-14)22-18(24)11-17-12-27-19(23-17)13-6-8-15(21)9-7-13/h3-10,12H,2,11H2,1H3,(H,22,24). The summed E-state index contributed by atoms with van der Waals surface area (Å²) in [7, 11) is 0. The molecule has 27 heavy (non-hydrogen) atoms. The number of oxazole rings is 1. The van der Waals surface area contributed by atoms with Crippen molar-refractivity contribution in [2.24, 2.45) is 0 Å². The maximum Gasteiger partial charge on any atom is 0.338 e. The summed E-state index contributed by atoms with van der Waals surface area (Å²) in [6, 6.07) is 13.6. The van der Waals surface area contributed by atoms with E-state index in [1.807, 2.05) is 0 Å². The fraction of sp³-hybridized carbons (Fsp3) is 0.150. The lowest BCUT2D eigenvalue weighted by atomic mass is 10.2. The second kappa shape index (κ2) is 8.51. The molecule has 0 radical (unpaired) electrons. The Kier molecular flexibility index (Phi) is 5.88. The van der Waals surface area contributed by atoms with E-state index in [2.05, 4.69) is 10.3 Å². The van der Waals surface area contributed by atoms with E-state index >= 15 is 0 Å². The van der Waals surface area contributed by atoms with Crippen molar-refractivity contribution in [3.05, 3.63) is 71.1 Å². The summed E-state index contributed by atoms with van der Waals surface area (Å²) in [6.45, 7) is 2.03. The van der Waals surface area contributed by atoms with Crippen molar-refractivity contribution < 1.29 is 18.7 Å². The van der Waals surface area contributed by atoms with Gasteiger partial charge in [-0.15, -0.1) is 0 Å². The summed E-state index contributed by atoms with van der Waals surface area (Å²) < 4.78 is 10.4. The highest BCUT2D eigenvalue weighted by molar-refractivity contribution is 6.30. The van der Waals surface area contributed by atoms with Crippen molar-refractivity contribution in [1.29, 1.82) is 0 Å². The van der Waals surface area contributed by atoms with Gasteiger partial charge in [-0.2, -0.15) is 0 Å². The zero-order chi connectivity index (χ0) is 19.2. The van der Waals surface area contributed by atoms with Crippen LogP contribution in [0.3, 0.4) is 0 Å². The molecule has 1 amide bonds. The number of aromatic nitrogens is 1. The maximum atomic E-state index is 12.3. The van der Waals surface area contributed by atoms with Crippen LogP contribution in [0.5, 0.6) is 0 Å². The number of hydrogen-bond donors (Lipinski definition) is 1. The Balaban J connectivity index is 1.64. The van der Waals surface area contributed by atoms with Crippen molar-refractivity contribution in [3.8, 4) is 11.5 Å². The lowest BCUT2D eigenvalue weighted by Crippen LogP contribution is -2.15. The largest absolute Gasteiger partial charge is 0.462 e. The third-order valence-corrected chi connectivity index (χ3v) is 3.89. The summed E-state index contributed by atoms with van der Waals surface area (Å²) in [5.41, 5.74) is 2.15. The van der Waals surface area contributed by atoms with Crippen molar-refractivity contribution in [2.45, 2.75) is 13.3 Å². The van der Waals surface area contributed by atoms with Gasteiger partial charge in [0.05, 0.1) is 24.3 Å². The number of rotatable bonds is 6. The van der Waals surface area contributed by atoms with E-state index in [9.17, 15) is 9.59 Å². The average Bonchev–Trinajstić information content (AvgIpc) is 3.11. The maximum absolute atomic E-state index is 12.3. The molecule has 1 aromatic heterocycles. The Morgan fingerprint density at radius 3 is 2.70 bits per heavy atom. The molecule has 0 unspecified atom stereocenters. The molecular formula is C20H17ClN2O4. The highest BCUT2D eigenvalue weighted by Crippen LogP contribution is 2.21. The second-order valence-corrected chi connectivity index (χ2v) is 6.11. The summed E-state index contributed by atoms with van der Waals surface area (Å²) in [5, 5.41) is 3.36. The molecule has 0 fully saturated rings. The molecule has 0 bridgehead atoms.